The molecule has 3 nitrogen and oxygen atoms in total. The Kier molecular flexibility index (Phi) is 4.48. The number of rotatable bonds is 5. The predicted molar refractivity (Wildman–Crippen MR) is 77.1 cm³/mol. The first-order chi connectivity index (χ1) is 9.08. The van der Waals surface area contributed by atoms with E-state index in [4.69, 9.17) is 15.2 Å². The Morgan fingerprint density at radius 3 is 2.89 bits per heavy atom. The maximum Gasteiger partial charge on any atom is 0.172 e. The summed E-state index contributed by atoms with van der Waals surface area (Å²) >= 11 is 0. The molecule has 0 spiro atoms. The van der Waals surface area contributed by atoms with Crippen molar-refractivity contribution >= 4 is 0 Å². The lowest BCUT2D eigenvalue weighted by atomic mass is 9.98. The van der Waals surface area contributed by atoms with E-state index in [0.717, 1.165) is 24.4 Å². The molecule has 0 unspecified atom stereocenters. The minimum absolute atomic E-state index is 0.0658. The highest BCUT2D eigenvalue weighted by Gasteiger charge is 2.20. The van der Waals surface area contributed by atoms with Gasteiger partial charge in [0.2, 0.25) is 0 Å². The Balaban J connectivity index is 2.03. The van der Waals surface area contributed by atoms with Crippen LogP contribution < -0.4 is 5.73 Å². The van der Waals surface area contributed by atoms with Crippen LogP contribution in [0.1, 0.15) is 33.6 Å². The van der Waals surface area contributed by atoms with Gasteiger partial charge in [-0.15, -0.1) is 0 Å². The predicted octanol–water partition coefficient (Wildman–Crippen LogP) is 3.41. The van der Waals surface area contributed by atoms with Gasteiger partial charge in [0.05, 0.1) is 6.26 Å². The zero-order chi connectivity index (χ0) is 13.8. The van der Waals surface area contributed by atoms with Gasteiger partial charge < -0.3 is 15.2 Å². The van der Waals surface area contributed by atoms with E-state index >= 15 is 0 Å². The van der Waals surface area contributed by atoms with Crippen LogP contribution in [-0.2, 0) is 9.47 Å². The number of ether oxygens (including phenoxy) is 2. The molecular formula is C16H23NO2. The molecule has 0 aromatic carbocycles. The van der Waals surface area contributed by atoms with Gasteiger partial charge in [0, 0.05) is 11.6 Å². The summed E-state index contributed by atoms with van der Waals surface area (Å²) in [5, 5.41) is 0. The summed E-state index contributed by atoms with van der Waals surface area (Å²) in [6, 6.07) is 0.0658. The molecule has 2 aliphatic rings. The molecule has 3 heteroatoms. The smallest absolute Gasteiger partial charge is 0.172 e. The zero-order valence-electron chi connectivity index (χ0n) is 12.0. The van der Waals surface area contributed by atoms with Crippen LogP contribution in [0.25, 0.3) is 0 Å². The molecule has 1 heterocycles. The second-order valence-corrected chi connectivity index (χ2v) is 5.58. The average Bonchev–Trinajstić information content (AvgIpc) is 2.36. The summed E-state index contributed by atoms with van der Waals surface area (Å²) in [5.41, 5.74) is 8.49. The number of hydrogen-bond donors (Lipinski definition) is 1. The summed E-state index contributed by atoms with van der Waals surface area (Å²) in [5.74, 6) is 2.23. The van der Waals surface area contributed by atoms with Crippen LogP contribution >= 0.6 is 0 Å². The first-order valence-electron chi connectivity index (χ1n) is 6.90. The van der Waals surface area contributed by atoms with E-state index in [9.17, 15) is 0 Å². The monoisotopic (exact) mass is 261 g/mol. The third-order valence-electron chi connectivity index (χ3n) is 3.30. The van der Waals surface area contributed by atoms with Crippen LogP contribution in [0, 0.1) is 5.92 Å². The molecule has 0 aromatic rings. The summed E-state index contributed by atoms with van der Waals surface area (Å²) < 4.78 is 11.4. The van der Waals surface area contributed by atoms with Crippen molar-refractivity contribution in [1.82, 2.24) is 0 Å². The Morgan fingerprint density at radius 1 is 1.37 bits per heavy atom. The van der Waals surface area contributed by atoms with Crippen molar-refractivity contribution in [3.63, 3.8) is 0 Å². The second-order valence-electron chi connectivity index (χ2n) is 5.58. The number of hydrogen-bond acceptors (Lipinski definition) is 3. The number of nitrogens with two attached hydrogens (primary N) is 1. The molecule has 2 rings (SSSR count). The molecule has 1 aliphatic heterocycles. The maximum atomic E-state index is 6.05. The molecule has 0 fully saturated rings. The van der Waals surface area contributed by atoms with Crippen LogP contribution in [0.3, 0.4) is 0 Å². The van der Waals surface area contributed by atoms with E-state index in [1.807, 2.05) is 12.2 Å². The molecule has 19 heavy (non-hydrogen) atoms. The van der Waals surface area contributed by atoms with Crippen molar-refractivity contribution in [2.45, 2.75) is 39.7 Å². The van der Waals surface area contributed by atoms with E-state index in [0.29, 0.717) is 12.5 Å². The Hall–Kier alpha value is -1.48. The topological polar surface area (TPSA) is 44.5 Å². The van der Waals surface area contributed by atoms with Gasteiger partial charge in [0.25, 0.3) is 0 Å². The minimum atomic E-state index is 0.0658. The lowest BCUT2D eigenvalue weighted by molar-refractivity contribution is 0.175. The maximum absolute atomic E-state index is 6.05. The minimum Gasteiger partial charge on any atom is -0.488 e. The molecule has 0 saturated carbocycles. The standard InChI is InChI=1S/C16H23NO2/c1-11(2)9-13(17)10-19-15-6-4-5-14-12(3)7-8-18-16(14)15/h4,6-8,11,13H,5,9-10,17H2,1-3H3/t13-/m0/s1. The summed E-state index contributed by atoms with van der Waals surface area (Å²) in [4.78, 5) is 0. The van der Waals surface area contributed by atoms with Crippen molar-refractivity contribution in [1.29, 1.82) is 0 Å². The molecule has 2 N–H and O–H groups in total. The normalized spacial score (nSPS) is 19.6. The van der Waals surface area contributed by atoms with Gasteiger partial charge in [-0.1, -0.05) is 19.9 Å². The van der Waals surface area contributed by atoms with E-state index in [1.165, 1.54) is 11.1 Å². The molecule has 1 aliphatic carbocycles. The fraction of sp³-hybridized carbons (Fsp3) is 0.500. The largest absolute Gasteiger partial charge is 0.488 e. The van der Waals surface area contributed by atoms with E-state index in [1.54, 1.807) is 6.26 Å². The Labute approximate surface area is 115 Å². The number of allylic oxidation sites excluding steroid dienone is 5. The third-order valence-corrected chi connectivity index (χ3v) is 3.30. The van der Waals surface area contributed by atoms with Crippen molar-refractivity contribution in [2.75, 3.05) is 6.61 Å². The summed E-state index contributed by atoms with van der Waals surface area (Å²) in [6.07, 6.45) is 9.65. The van der Waals surface area contributed by atoms with Crippen molar-refractivity contribution in [3.05, 3.63) is 47.2 Å². The fourth-order valence-corrected chi connectivity index (χ4v) is 2.36. The zero-order valence-corrected chi connectivity index (χ0v) is 12.0. The molecule has 0 saturated heterocycles. The van der Waals surface area contributed by atoms with Gasteiger partial charge in [0.1, 0.15) is 6.61 Å². The van der Waals surface area contributed by atoms with Crippen molar-refractivity contribution in [3.8, 4) is 0 Å². The first kappa shape index (κ1) is 13.9. The second kappa shape index (κ2) is 6.11. The molecule has 104 valence electrons. The molecule has 1 atom stereocenters. The van der Waals surface area contributed by atoms with Crippen molar-refractivity contribution < 1.29 is 9.47 Å². The van der Waals surface area contributed by atoms with Gasteiger partial charge in [-0.05, 0) is 43.4 Å². The quantitative estimate of drug-likeness (QED) is 0.825. The van der Waals surface area contributed by atoms with Gasteiger partial charge in [-0.3, -0.25) is 0 Å². The molecular weight excluding hydrogens is 238 g/mol. The first-order valence-corrected chi connectivity index (χ1v) is 6.90. The summed E-state index contributed by atoms with van der Waals surface area (Å²) in [7, 11) is 0. The van der Waals surface area contributed by atoms with Gasteiger partial charge in [-0.2, -0.15) is 0 Å². The van der Waals surface area contributed by atoms with Gasteiger partial charge >= 0.3 is 0 Å². The molecule has 0 amide bonds. The highest BCUT2D eigenvalue weighted by Crippen LogP contribution is 2.32. The van der Waals surface area contributed by atoms with Crippen LogP contribution in [0.4, 0.5) is 0 Å². The lowest BCUT2D eigenvalue weighted by Crippen LogP contribution is -2.28. The SMILES string of the molecule is CC1=C2CC=CC(OC[C@@H](N)CC(C)C)=C2OC=C1. The Morgan fingerprint density at radius 2 is 2.16 bits per heavy atom. The third kappa shape index (κ3) is 3.51. The number of fused-ring (bicyclic) bond motifs is 1. The summed E-state index contributed by atoms with van der Waals surface area (Å²) in [6.45, 7) is 6.96. The fourth-order valence-electron chi connectivity index (χ4n) is 2.36. The van der Waals surface area contributed by atoms with Crippen LogP contribution in [0.5, 0.6) is 0 Å². The molecule has 0 bridgehead atoms. The lowest BCUT2D eigenvalue weighted by Gasteiger charge is -2.23. The van der Waals surface area contributed by atoms with Gasteiger partial charge in [0.15, 0.2) is 11.5 Å². The highest BCUT2D eigenvalue weighted by atomic mass is 16.5. The average molecular weight is 261 g/mol. The van der Waals surface area contributed by atoms with Crippen LogP contribution in [0.15, 0.2) is 47.2 Å². The van der Waals surface area contributed by atoms with E-state index in [2.05, 4.69) is 26.8 Å². The Bertz CT molecular complexity index is 455. The van der Waals surface area contributed by atoms with E-state index in [-0.39, 0.29) is 6.04 Å². The van der Waals surface area contributed by atoms with Crippen LogP contribution in [0.2, 0.25) is 0 Å². The van der Waals surface area contributed by atoms with Gasteiger partial charge in [-0.25, -0.2) is 0 Å². The molecule has 0 radical (unpaired) electrons. The van der Waals surface area contributed by atoms with Crippen LogP contribution in [-0.4, -0.2) is 12.6 Å². The van der Waals surface area contributed by atoms with Crippen molar-refractivity contribution in [2.24, 2.45) is 11.7 Å². The highest BCUT2D eigenvalue weighted by molar-refractivity contribution is 5.46. The molecule has 0 aromatic heterocycles. The van der Waals surface area contributed by atoms with E-state index < -0.39 is 0 Å².